The van der Waals surface area contributed by atoms with Crippen molar-refractivity contribution in [2.24, 2.45) is 0 Å². The van der Waals surface area contributed by atoms with Gasteiger partial charge in [0, 0.05) is 0 Å². The maximum absolute atomic E-state index is 13.0. The second-order valence-electron chi connectivity index (χ2n) is 4.79. The number of aryl methyl sites for hydroxylation is 2. The van der Waals surface area contributed by atoms with Crippen LogP contribution in [0.4, 0.5) is 13.2 Å². The molecular formula is C16H14ClF3. The van der Waals surface area contributed by atoms with Crippen LogP contribution in [0.3, 0.4) is 0 Å². The Labute approximate surface area is 121 Å². The van der Waals surface area contributed by atoms with Crippen molar-refractivity contribution in [1.29, 1.82) is 0 Å². The Balaban J connectivity index is 2.48. The minimum absolute atomic E-state index is 0.0879. The number of alkyl halides is 4. The molecule has 0 heterocycles. The second kappa shape index (κ2) is 5.49. The molecule has 1 atom stereocenters. The molecule has 0 bridgehead atoms. The first kappa shape index (κ1) is 14.9. The first-order valence-electron chi connectivity index (χ1n) is 6.18. The average Bonchev–Trinajstić information content (AvgIpc) is 2.40. The van der Waals surface area contributed by atoms with E-state index in [2.05, 4.69) is 0 Å². The zero-order chi connectivity index (χ0) is 14.9. The summed E-state index contributed by atoms with van der Waals surface area (Å²) in [6, 6.07) is 10.9. The van der Waals surface area contributed by atoms with E-state index >= 15 is 0 Å². The van der Waals surface area contributed by atoms with Crippen molar-refractivity contribution in [3.63, 3.8) is 0 Å². The van der Waals surface area contributed by atoms with Gasteiger partial charge in [-0.15, -0.1) is 11.6 Å². The van der Waals surface area contributed by atoms with Crippen LogP contribution in [0.1, 0.15) is 33.2 Å². The van der Waals surface area contributed by atoms with Gasteiger partial charge in [-0.05, 0) is 42.2 Å². The van der Waals surface area contributed by atoms with E-state index in [0.29, 0.717) is 5.56 Å². The molecule has 2 aromatic carbocycles. The van der Waals surface area contributed by atoms with Gasteiger partial charge in [0.1, 0.15) is 0 Å². The molecule has 4 heteroatoms. The summed E-state index contributed by atoms with van der Waals surface area (Å²) in [4.78, 5) is 0. The highest BCUT2D eigenvalue weighted by molar-refractivity contribution is 6.22. The van der Waals surface area contributed by atoms with Crippen LogP contribution in [-0.2, 0) is 6.18 Å². The average molecular weight is 299 g/mol. The van der Waals surface area contributed by atoms with Gasteiger partial charge < -0.3 is 0 Å². The highest BCUT2D eigenvalue weighted by Crippen LogP contribution is 2.39. The number of rotatable bonds is 2. The van der Waals surface area contributed by atoms with E-state index < -0.39 is 17.1 Å². The predicted molar refractivity (Wildman–Crippen MR) is 75.1 cm³/mol. The first-order chi connectivity index (χ1) is 9.30. The van der Waals surface area contributed by atoms with Gasteiger partial charge in [0.05, 0.1) is 10.9 Å². The lowest BCUT2D eigenvalue weighted by Gasteiger charge is -2.18. The van der Waals surface area contributed by atoms with Crippen molar-refractivity contribution in [2.75, 3.05) is 0 Å². The van der Waals surface area contributed by atoms with Gasteiger partial charge in [-0.3, -0.25) is 0 Å². The third kappa shape index (κ3) is 2.98. The van der Waals surface area contributed by atoms with Crippen LogP contribution in [0, 0.1) is 13.8 Å². The fraction of sp³-hybridized carbons (Fsp3) is 0.250. The molecule has 0 aromatic heterocycles. The molecule has 0 aliphatic heterocycles. The van der Waals surface area contributed by atoms with Crippen LogP contribution < -0.4 is 0 Å². The highest BCUT2D eigenvalue weighted by atomic mass is 35.5. The summed E-state index contributed by atoms with van der Waals surface area (Å²) >= 11 is 6.27. The number of hydrogen-bond acceptors (Lipinski definition) is 0. The van der Waals surface area contributed by atoms with E-state index in [-0.39, 0.29) is 5.56 Å². The number of halogens is 4. The molecule has 1 unspecified atom stereocenters. The number of hydrogen-bond donors (Lipinski definition) is 0. The van der Waals surface area contributed by atoms with Gasteiger partial charge in [0.15, 0.2) is 0 Å². The molecule has 2 aromatic rings. The SMILES string of the molecule is Cc1ccc(C(Cl)c2ccccc2C(F)(F)F)cc1C. The minimum Gasteiger partial charge on any atom is -0.166 e. The molecule has 0 aliphatic rings. The molecule has 2 rings (SSSR count). The molecule has 0 saturated heterocycles. The van der Waals surface area contributed by atoms with Crippen molar-refractivity contribution in [3.8, 4) is 0 Å². The van der Waals surface area contributed by atoms with E-state index in [4.69, 9.17) is 11.6 Å². The Morgan fingerprint density at radius 2 is 1.60 bits per heavy atom. The van der Waals surface area contributed by atoms with Crippen LogP contribution in [0.2, 0.25) is 0 Å². The molecule has 0 amide bonds. The third-order valence-electron chi connectivity index (χ3n) is 3.36. The molecule has 20 heavy (non-hydrogen) atoms. The Bertz CT molecular complexity index is 617. The van der Waals surface area contributed by atoms with Gasteiger partial charge >= 0.3 is 6.18 Å². The summed E-state index contributed by atoms with van der Waals surface area (Å²) in [5.74, 6) is 0. The highest BCUT2D eigenvalue weighted by Gasteiger charge is 2.34. The zero-order valence-corrected chi connectivity index (χ0v) is 11.9. The first-order valence-corrected chi connectivity index (χ1v) is 6.61. The van der Waals surface area contributed by atoms with Gasteiger partial charge in [-0.1, -0.05) is 36.4 Å². The molecule has 0 aliphatic carbocycles. The van der Waals surface area contributed by atoms with E-state index in [1.165, 1.54) is 12.1 Å². The number of benzene rings is 2. The standard InChI is InChI=1S/C16H14ClF3/c1-10-7-8-12(9-11(10)2)15(17)13-5-3-4-6-14(13)16(18,19)20/h3-9,15H,1-2H3. The fourth-order valence-electron chi connectivity index (χ4n) is 2.08. The Morgan fingerprint density at radius 1 is 0.950 bits per heavy atom. The molecule has 0 spiro atoms. The molecule has 0 nitrogen and oxygen atoms in total. The van der Waals surface area contributed by atoms with Crippen LogP contribution >= 0.6 is 11.6 Å². The summed E-state index contributed by atoms with van der Waals surface area (Å²) in [7, 11) is 0. The molecule has 0 fully saturated rings. The normalized spacial score (nSPS) is 13.3. The lowest BCUT2D eigenvalue weighted by Crippen LogP contribution is -2.10. The molecular weight excluding hydrogens is 285 g/mol. The Kier molecular flexibility index (Phi) is 4.09. The lowest BCUT2D eigenvalue weighted by atomic mass is 9.96. The van der Waals surface area contributed by atoms with Crippen molar-refractivity contribution in [3.05, 3.63) is 70.3 Å². The van der Waals surface area contributed by atoms with E-state index in [9.17, 15) is 13.2 Å². The largest absolute Gasteiger partial charge is 0.416 e. The van der Waals surface area contributed by atoms with Gasteiger partial charge in [-0.2, -0.15) is 13.2 Å². The quantitative estimate of drug-likeness (QED) is 0.628. The minimum atomic E-state index is -4.40. The maximum Gasteiger partial charge on any atom is 0.416 e. The van der Waals surface area contributed by atoms with Crippen LogP contribution in [0.25, 0.3) is 0 Å². The second-order valence-corrected chi connectivity index (χ2v) is 5.23. The van der Waals surface area contributed by atoms with Crippen LogP contribution in [0.15, 0.2) is 42.5 Å². The van der Waals surface area contributed by atoms with Crippen molar-refractivity contribution < 1.29 is 13.2 Å². The van der Waals surface area contributed by atoms with Crippen molar-refractivity contribution >= 4 is 11.6 Å². The fourth-order valence-corrected chi connectivity index (χ4v) is 2.40. The van der Waals surface area contributed by atoms with Crippen LogP contribution in [0.5, 0.6) is 0 Å². The van der Waals surface area contributed by atoms with E-state index in [0.717, 1.165) is 17.2 Å². The van der Waals surface area contributed by atoms with Crippen molar-refractivity contribution in [2.45, 2.75) is 25.4 Å². The van der Waals surface area contributed by atoms with Gasteiger partial charge in [0.2, 0.25) is 0 Å². The summed E-state index contributed by atoms with van der Waals surface area (Å²) in [5.41, 5.74) is 2.17. The predicted octanol–water partition coefficient (Wildman–Crippen LogP) is 5.65. The summed E-state index contributed by atoms with van der Waals surface area (Å²) in [6.07, 6.45) is -4.40. The smallest absolute Gasteiger partial charge is 0.166 e. The Hall–Kier alpha value is -1.48. The van der Waals surface area contributed by atoms with E-state index in [1.54, 1.807) is 12.1 Å². The monoisotopic (exact) mass is 298 g/mol. The summed E-state index contributed by atoms with van der Waals surface area (Å²) in [5, 5.41) is -0.813. The van der Waals surface area contributed by atoms with Crippen molar-refractivity contribution in [1.82, 2.24) is 0 Å². The van der Waals surface area contributed by atoms with Crippen LogP contribution in [-0.4, -0.2) is 0 Å². The van der Waals surface area contributed by atoms with E-state index in [1.807, 2.05) is 26.0 Å². The molecule has 0 saturated carbocycles. The third-order valence-corrected chi connectivity index (χ3v) is 3.85. The summed E-state index contributed by atoms with van der Waals surface area (Å²) < 4.78 is 39.0. The molecule has 0 N–H and O–H groups in total. The Morgan fingerprint density at radius 3 is 2.20 bits per heavy atom. The molecule has 106 valence electrons. The molecule has 0 radical (unpaired) electrons. The maximum atomic E-state index is 13.0. The summed E-state index contributed by atoms with van der Waals surface area (Å²) in [6.45, 7) is 3.87. The van der Waals surface area contributed by atoms with Gasteiger partial charge in [0.25, 0.3) is 0 Å². The topological polar surface area (TPSA) is 0 Å². The zero-order valence-electron chi connectivity index (χ0n) is 11.1. The lowest BCUT2D eigenvalue weighted by molar-refractivity contribution is -0.138. The van der Waals surface area contributed by atoms with Gasteiger partial charge in [-0.25, -0.2) is 0 Å².